The van der Waals surface area contributed by atoms with E-state index in [9.17, 15) is 4.79 Å². The number of hydrogen-bond donors (Lipinski definition) is 0. The molecule has 0 aliphatic carbocycles. The van der Waals surface area contributed by atoms with Crippen molar-refractivity contribution < 1.29 is 9.53 Å². The molecule has 5 nitrogen and oxygen atoms in total. The van der Waals surface area contributed by atoms with Gasteiger partial charge >= 0.3 is 0 Å². The fraction of sp³-hybridized carbons (Fsp3) is 0.208. The van der Waals surface area contributed by atoms with Crippen molar-refractivity contribution in [2.45, 2.75) is 20.3 Å². The molecule has 1 aliphatic heterocycles. The molecule has 2 heterocycles. The molecule has 0 N–H and O–H groups in total. The van der Waals surface area contributed by atoms with Crippen LogP contribution in [-0.2, 0) is 4.79 Å². The maximum atomic E-state index is 12.5. The van der Waals surface area contributed by atoms with Gasteiger partial charge in [-0.05, 0) is 55.3 Å². The van der Waals surface area contributed by atoms with E-state index < -0.39 is 0 Å². The number of thiocarbonyl (C=S) groups is 1. The molecule has 2 aromatic carbocycles. The van der Waals surface area contributed by atoms with Crippen LogP contribution >= 0.6 is 24.0 Å². The number of hydrogen-bond acceptors (Lipinski definition) is 5. The first-order valence-corrected chi connectivity index (χ1v) is 11.3. The quantitative estimate of drug-likeness (QED) is 0.369. The van der Waals surface area contributed by atoms with E-state index in [-0.39, 0.29) is 5.91 Å². The number of aryl methyl sites for hydroxylation is 1. The average Bonchev–Trinajstić information content (AvgIpc) is 3.30. The van der Waals surface area contributed by atoms with Crippen molar-refractivity contribution in [2.24, 2.45) is 0 Å². The number of amides is 1. The fourth-order valence-corrected chi connectivity index (χ4v) is 4.46. The zero-order chi connectivity index (χ0) is 22.0. The van der Waals surface area contributed by atoms with E-state index in [1.54, 1.807) is 7.05 Å². The molecule has 0 unspecified atom stereocenters. The van der Waals surface area contributed by atoms with Crippen molar-refractivity contribution in [1.82, 2.24) is 14.7 Å². The molecule has 0 bridgehead atoms. The smallest absolute Gasteiger partial charge is 0.265 e. The summed E-state index contributed by atoms with van der Waals surface area (Å²) in [6.45, 7) is 4.81. The number of carbonyl (C=O) groups is 1. The summed E-state index contributed by atoms with van der Waals surface area (Å²) in [7, 11) is 1.70. The number of aromatic nitrogens is 2. The lowest BCUT2D eigenvalue weighted by Gasteiger charge is -2.09. The summed E-state index contributed by atoms with van der Waals surface area (Å²) in [5.74, 6) is 0.786. The first-order chi connectivity index (χ1) is 15.0. The molecule has 158 valence electrons. The number of thioether (sulfide) groups is 1. The molecule has 7 heteroatoms. The number of ether oxygens (including phenoxy) is 1. The Balaban J connectivity index is 1.79. The number of benzene rings is 2. The van der Waals surface area contributed by atoms with Gasteiger partial charge in [-0.1, -0.05) is 49.1 Å². The van der Waals surface area contributed by atoms with Crippen LogP contribution in [0.1, 0.15) is 24.5 Å². The van der Waals surface area contributed by atoms with Crippen LogP contribution < -0.4 is 4.74 Å². The van der Waals surface area contributed by atoms with E-state index in [0.717, 1.165) is 40.2 Å². The Hall–Kier alpha value is -2.90. The number of para-hydroxylation sites is 1. The van der Waals surface area contributed by atoms with Crippen LogP contribution in [0.15, 0.2) is 59.6 Å². The predicted octanol–water partition coefficient (Wildman–Crippen LogP) is 5.47. The second kappa shape index (κ2) is 9.08. The van der Waals surface area contributed by atoms with Gasteiger partial charge in [-0.15, -0.1) is 0 Å². The van der Waals surface area contributed by atoms with Gasteiger partial charge in [0.15, 0.2) is 0 Å². The summed E-state index contributed by atoms with van der Waals surface area (Å²) in [6, 6.07) is 16.0. The third-order valence-corrected chi connectivity index (χ3v) is 6.43. The molecular weight excluding hydrogens is 426 g/mol. The maximum Gasteiger partial charge on any atom is 0.265 e. The molecule has 1 aromatic heterocycles. The summed E-state index contributed by atoms with van der Waals surface area (Å²) >= 11 is 6.59. The van der Waals surface area contributed by atoms with Crippen LogP contribution in [0.25, 0.3) is 23.0 Å². The molecule has 1 amide bonds. The molecule has 0 saturated carbocycles. The van der Waals surface area contributed by atoms with Crippen molar-refractivity contribution in [3.8, 4) is 22.7 Å². The topological polar surface area (TPSA) is 47.4 Å². The molecule has 0 spiro atoms. The van der Waals surface area contributed by atoms with Crippen molar-refractivity contribution in [3.63, 3.8) is 0 Å². The van der Waals surface area contributed by atoms with E-state index >= 15 is 0 Å². The van der Waals surface area contributed by atoms with Gasteiger partial charge in [0.2, 0.25) is 0 Å². The van der Waals surface area contributed by atoms with Gasteiger partial charge in [-0.2, -0.15) is 5.10 Å². The minimum absolute atomic E-state index is 0.0899. The minimum atomic E-state index is -0.0899. The number of nitrogens with zero attached hydrogens (tertiary/aromatic N) is 3. The summed E-state index contributed by atoms with van der Waals surface area (Å²) in [5, 5.41) is 4.85. The number of carbonyl (C=O) groups excluding carboxylic acids is 1. The zero-order valence-corrected chi connectivity index (χ0v) is 19.3. The first-order valence-electron chi connectivity index (χ1n) is 10.1. The molecule has 1 saturated heterocycles. The van der Waals surface area contributed by atoms with Crippen molar-refractivity contribution in [3.05, 3.63) is 70.8 Å². The van der Waals surface area contributed by atoms with Gasteiger partial charge < -0.3 is 4.74 Å². The van der Waals surface area contributed by atoms with Crippen LogP contribution in [-0.4, -0.2) is 38.6 Å². The Morgan fingerprint density at radius 1 is 1.19 bits per heavy atom. The van der Waals surface area contributed by atoms with Crippen LogP contribution in [0.5, 0.6) is 5.75 Å². The lowest BCUT2D eigenvalue weighted by Crippen LogP contribution is -2.22. The predicted molar refractivity (Wildman–Crippen MR) is 130 cm³/mol. The standard InChI is InChI=1S/C24H23N3O2S2/c1-4-12-29-20-11-10-17(13-16(20)2)22-18(14-21-23(28)26(3)24(30)31-21)15-27(25-22)19-8-6-5-7-9-19/h5-11,13-15H,4,12H2,1-3H3/b21-14+. The second-order valence-electron chi connectivity index (χ2n) is 7.28. The van der Waals surface area contributed by atoms with E-state index in [2.05, 4.69) is 13.0 Å². The van der Waals surface area contributed by atoms with Gasteiger partial charge in [0.25, 0.3) is 5.91 Å². The Labute approximate surface area is 191 Å². The normalized spacial score (nSPS) is 15.2. The summed E-state index contributed by atoms with van der Waals surface area (Å²) < 4.78 is 8.22. The molecule has 0 radical (unpaired) electrons. The summed E-state index contributed by atoms with van der Waals surface area (Å²) in [6.07, 6.45) is 4.79. The molecule has 4 rings (SSSR count). The number of likely N-dealkylation sites (N-methyl/N-ethyl adjacent to an activating group) is 1. The number of rotatable bonds is 6. The lowest BCUT2D eigenvalue weighted by atomic mass is 10.0. The van der Waals surface area contributed by atoms with Gasteiger partial charge in [0, 0.05) is 24.4 Å². The Bertz CT molecular complexity index is 1170. The largest absolute Gasteiger partial charge is 0.493 e. The van der Waals surface area contributed by atoms with Crippen molar-refractivity contribution in [2.75, 3.05) is 13.7 Å². The van der Waals surface area contributed by atoms with Crippen LogP contribution in [0, 0.1) is 6.92 Å². The average molecular weight is 450 g/mol. The monoisotopic (exact) mass is 449 g/mol. The molecule has 3 aromatic rings. The Kier molecular flexibility index (Phi) is 6.25. The molecule has 1 aliphatic rings. The van der Waals surface area contributed by atoms with Crippen molar-refractivity contribution in [1.29, 1.82) is 0 Å². The van der Waals surface area contributed by atoms with Gasteiger partial charge in [0.1, 0.15) is 15.8 Å². The molecule has 31 heavy (non-hydrogen) atoms. The third-order valence-electron chi connectivity index (χ3n) is 4.95. The first kappa shape index (κ1) is 21.3. The second-order valence-corrected chi connectivity index (χ2v) is 8.96. The highest BCUT2D eigenvalue weighted by atomic mass is 32.2. The van der Waals surface area contributed by atoms with Crippen LogP contribution in [0.3, 0.4) is 0 Å². The Morgan fingerprint density at radius 2 is 1.97 bits per heavy atom. The lowest BCUT2D eigenvalue weighted by molar-refractivity contribution is -0.121. The van der Waals surface area contributed by atoms with E-state index in [4.69, 9.17) is 22.1 Å². The van der Waals surface area contributed by atoms with Gasteiger partial charge in [-0.3, -0.25) is 9.69 Å². The van der Waals surface area contributed by atoms with Crippen molar-refractivity contribution >= 4 is 40.3 Å². The highest BCUT2D eigenvalue weighted by Crippen LogP contribution is 2.35. The van der Waals surface area contributed by atoms with Gasteiger partial charge in [-0.25, -0.2) is 4.68 Å². The third kappa shape index (κ3) is 4.43. The fourth-order valence-electron chi connectivity index (χ4n) is 3.29. The zero-order valence-electron chi connectivity index (χ0n) is 17.7. The summed E-state index contributed by atoms with van der Waals surface area (Å²) in [4.78, 5) is 14.6. The molecular formula is C24H23N3O2S2. The summed E-state index contributed by atoms with van der Waals surface area (Å²) in [5.41, 5.74) is 4.63. The maximum absolute atomic E-state index is 12.5. The Morgan fingerprint density at radius 3 is 2.61 bits per heavy atom. The van der Waals surface area contributed by atoms with Crippen LogP contribution in [0.2, 0.25) is 0 Å². The molecule has 0 atom stereocenters. The van der Waals surface area contributed by atoms with Crippen LogP contribution in [0.4, 0.5) is 0 Å². The minimum Gasteiger partial charge on any atom is -0.493 e. The van der Waals surface area contributed by atoms with E-state index in [1.807, 2.05) is 66.3 Å². The van der Waals surface area contributed by atoms with E-state index in [1.165, 1.54) is 16.7 Å². The highest BCUT2D eigenvalue weighted by Gasteiger charge is 2.29. The van der Waals surface area contributed by atoms with Gasteiger partial charge in [0.05, 0.1) is 17.2 Å². The van der Waals surface area contributed by atoms with E-state index in [0.29, 0.717) is 15.8 Å². The molecule has 1 fully saturated rings. The highest BCUT2D eigenvalue weighted by molar-refractivity contribution is 8.26. The SMILES string of the molecule is CCCOc1ccc(-c2nn(-c3ccccc3)cc2/C=C2/SC(=S)N(C)C2=O)cc1C.